The van der Waals surface area contributed by atoms with Crippen molar-refractivity contribution in [1.82, 2.24) is 5.32 Å². The molecule has 0 aromatic carbocycles. The molecule has 1 amide bonds. The lowest BCUT2D eigenvalue weighted by atomic mass is 9.83. The van der Waals surface area contributed by atoms with Crippen LogP contribution in [0.1, 0.15) is 65.2 Å². The van der Waals surface area contributed by atoms with Gasteiger partial charge >= 0.3 is 0 Å². The quantitative estimate of drug-likeness (QED) is 0.519. The summed E-state index contributed by atoms with van der Waals surface area (Å²) in [7, 11) is 0. The van der Waals surface area contributed by atoms with Gasteiger partial charge in [0.1, 0.15) is 0 Å². The van der Waals surface area contributed by atoms with E-state index in [2.05, 4.69) is 19.2 Å². The molecule has 1 rings (SSSR count). The molecule has 1 aliphatic rings. The molecule has 3 atom stereocenters. The molecule has 0 heterocycles. The highest BCUT2D eigenvalue weighted by molar-refractivity contribution is 5.75. The fraction of sp³-hybridized carbons (Fsp3) is 0.941. The lowest BCUT2D eigenvalue weighted by molar-refractivity contribution is -0.122. The highest BCUT2D eigenvalue weighted by atomic mass is 16.3. The summed E-state index contributed by atoms with van der Waals surface area (Å²) in [5.74, 6) is 0.956. The van der Waals surface area contributed by atoms with Gasteiger partial charge in [0.15, 0.2) is 0 Å². The van der Waals surface area contributed by atoms with Gasteiger partial charge in [-0.05, 0) is 24.7 Å². The second-order valence-electron chi connectivity index (χ2n) is 7.20. The normalized spacial score (nSPS) is 20.6. The number of carbonyl (C=O) groups is 1. The minimum Gasteiger partial charge on any atom is -0.389 e. The zero-order valence-electron chi connectivity index (χ0n) is 14.1. The molecule has 5 nitrogen and oxygen atoms in total. The highest BCUT2D eigenvalue weighted by Gasteiger charge is 2.26. The molecule has 0 unspecified atom stereocenters. The molecular weight excluding hydrogens is 280 g/mol. The number of hydrogen-bond acceptors (Lipinski definition) is 4. The first-order valence-electron chi connectivity index (χ1n) is 8.78. The summed E-state index contributed by atoms with van der Waals surface area (Å²) in [5, 5.41) is 22.8. The summed E-state index contributed by atoms with van der Waals surface area (Å²) < 4.78 is 0. The van der Waals surface area contributed by atoms with E-state index in [1.165, 1.54) is 32.1 Å². The number of amides is 1. The average Bonchev–Trinajstić information content (AvgIpc) is 2.50. The predicted molar refractivity (Wildman–Crippen MR) is 88.3 cm³/mol. The average molecular weight is 314 g/mol. The van der Waals surface area contributed by atoms with Crippen LogP contribution >= 0.6 is 0 Å². The van der Waals surface area contributed by atoms with E-state index < -0.39 is 18.2 Å². The summed E-state index contributed by atoms with van der Waals surface area (Å²) in [6, 6.07) is -0.425. The maximum atomic E-state index is 11.6. The molecule has 130 valence electrons. The van der Waals surface area contributed by atoms with E-state index in [1.807, 2.05) is 0 Å². The lowest BCUT2D eigenvalue weighted by Gasteiger charge is -2.29. The van der Waals surface area contributed by atoms with Crippen molar-refractivity contribution in [2.24, 2.45) is 17.6 Å². The minimum absolute atomic E-state index is 0.0659. The minimum atomic E-state index is -0.999. The van der Waals surface area contributed by atoms with Crippen molar-refractivity contribution >= 4 is 5.91 Å². The van der Waals surface area contributed by atoms with Crippen LogP contribution in [0.3, 0.4) is 0 Å². The van der Waals surface area contributed by atoms with Gasteiger partial charge in [-0.2, -0.15) is 0 Å². The van der Waals surface area contributed by atoms with E-state index in [1.54, 1.807) is 0 Å². The van der Waals surface area contributed by atoms with Gasteiger partial charge in [0.2, 0.25) is 5.91 Å². The van der Waals surface area contributed by atoms with E-state index >= 15 is 0 Å². The first-order chi connectivity index (χ1) is 10.4. The van der Waals surface area contributed by atoms with E-state index in [9.17, 15) is 15.0 Å². The van der Waals surface area contributed by atoms with Crippen LogP contribution in [0.5, 0.6) is 0 Å². The Morgan fingerprint density at radius 3 is 2.45 bits per heavy atom. The van der Waals surface area contributed by atoms with E-state index in [4.69, 9.17) is 5.73 Å². The van der Waals surface area contributed by atoms with Gasteiger partial charge < -0.3 is 21.3 Å². The summed E-state index contributed by atoms with van der Waals surface area (Å²) >= 11 is 0. The molecule has 0 aromatic heterocycles. The van der Waals surface area contributed by atoms with Crippen LogP contribution in [0.2, 0.25) is 0 Å². The maximum absolute atomic E-state index is 11.6. The SMILES string of the molecule is CC(C)CCC(=O)NC[C@H](O)[C@H](O)[C@@H](N)CC1CCCCC1. The monoisotopic (exact) mass is 314 g/mol. The Bertz CT molecular complexity index is 317. The van der Waals surface area contributed by atoms with E-state index in [0.717, 1.165) is 12.8 Å². The van der Waals surface area contributed by atoms with Crippen molar-refractivity contribution in [3.05, 3.63) is 0 Å². The first-order valence-corrected chi connectivity index (χ1v) is 8.78. The Kier molecular flexibility index (Phi) is 8.98. The summed E-state index contributed by atoms with van der Waals surface area (Å²) in [5.41, 5.74) is 6.03. The molecule has 0 spiro atoms. The van der Waals surface area contributed by atoms with Crippen LogP contribution in [-0.4, -0.2) is 40.9 Å². The third-order valence-electron chi connectivity index (χ3n) is 4.62. The lowest BCUT2D eigenvalue weighted by Crippen LogP contribution is -2.48. The molecule has 22 heavy (non-hydrogen) atoms. The molecule has 0 aliphatic heterocycles. The number of nitrogens with two attached hydrogens (primary N) is 1. The van der Waals surface area contributed by atoms with Gasteiger partial charge in [-0.1, -0.05) is 46.0 Å². The van der Waals surface area contributed by atoms with E-state index in [0.29, 0.717) is 18.3 Å². The fourth-order valence-corrected chi connectivity index (χ4v) is 3.08. The molecule has 5 N–H and O–H groups in total. The fourth-order valence-electron chi connectivity index (χ4n) is 3.08. The number of nitrogens with one attached hydrogen (secondary N) is 1. The molecule has 0 aromatic rings. The zero-order valence-corrected chi connectivity index (χ0v) is 14.1. The Balaban J connectivity index is 2.24. The van der Waals surface area contributed by atoms with Gasteiger partial charge in [-0.3, -0.25) is 4.79 Å². The molecule has 1 saturated carbocycles. The smallest absolute Gasteiger partial charge is 0.220 e. The maximum Gasteiger partial charge on any atom is 0.220 e. The van der Waals surface area contributed by atoms with Crippen molar-refractivity contribution in [3.8, 4) is 0 Å². The first kappa shape index (κ1) is 19.4. The van der Waals surface area contributed by atoms with Gasteiger partial charge in [0, 0.05) is 19.0 Å². The number of carbonyl (C=O) groups excluding carboxylic acids is 1. The van der Waals surface area contributed by atoms with Crippen LogP contribution < -0.4 is 11.1 Å². The molecule has 1 fully saturated rings. The predicted octanol–water partition coefficient (Wildman–Crippen LogP) is 1.56. The number of rotatable bonds is 9. The van der Waals surface area contributed by atoms with Crippen molar-refractivity contribution < 1.29 is 15.0 Å². The summed E-state index contributed by atoms with van der Waals surface area (Å²) in [6.45, 7) is 4.20. The molecule has 0 radical (unpaired) electrons. The number of aliphatic hydroxyl groups is 2. The van der Waals surface area contributed by atoms with E-state index in [-0.39, 0.29) is 12.5 Å². The summed E-state index contributed by atoms with van der Waals surface area (Å²) in [6.07, 6.45) is 6.16. The largest absolute Gasteiger partial charge is 0.389 e. The second-order valence-corrected chi connectivity index (χ2v) is 7.20. The Hall–Kier alpha value is -0.650. The summed E-state index contributed by atoms with van der Waals surface area (Å²) in [4.78, 5) is 11.6. The van der Waals surface area contributed by atoms with Gasteiger partial charge in [-0.15, -0.1) is 0 Å². The highest BCUT2D eigenvalue weighted by Crippen LogP contribution is 2.27. The van der Waals surface area contributed by atoms with Crippen LogP contribution in [0, 0.1) is 11.8 Å². The van der Waals surface area contributed by atoms with Crippen LogP contribution in [0.25, 0.3) is 0 Å². The molecule has 5 heteroatoms. The van der Waals surface area contributed by atoms with Crippen LogP contribution in [0.15, 0.2) is 0 Å². The van der Waals surface area contributed by atoms with Gasteiger partial charge in [0.05, 0.1) is 12.2 Å². The van der Waals surface area contributed by atoms with Crippen molar-refractivity contribution in [2.75, 3.05) is 6.54 Å². The molecule has 0 bridgehead atoms. The topological polar surface area (TPSA) is 95.6 Å². The van der Waals surface area contributed by atoms with Crippen molar-refractivity contribution in [1.29, 1.82) is 0 Å². The van der Waals surface area contributed by atoms with Crippen LogP contribution in [0.4, 0.5) is 0 Å². The van der Waals surface area contributed by atoms with Gasteiger partial charge in [-0.25, -0.2) is 0 Å². The van der Waals surface area contributed by atoms with Gasteiger partial charge in [0.25, 0.3) is 0 Å². The second kappa shape index (κ2) is 10.2. The Morgan fingerprint density at radius 1 is 1.23 bits per heavy atom. The molecule has 1 aliphatic carbocycles. The molecular formula is C17H34N2O3. The zero-order chi connectivity index (χ0) is 16.5. The third-order valence-corrected chi connectivity index (χ3v) is 4.62. The Labute approximate surface area is 134 Å². The standard InChI is InChI=1S/C17H34N2O3/c1-12(2)8-9-16(21)19-11-15(20)17(22)14(18)10-13-6-4-3-5-7-13/h12-15,17,20,22H,3-11,18H2,1-2H3,(H,19,21)/t14-,15-,17+/m0/s1. The van der Waals surface area contributed by atoms with Crippen molar-refractivity contribution in [3.63, 3.8) is 0 Å². The van der Waals surface area contributed by atoms with Crippen LogP contribution in [-0.2, 0) is 4.79 Å². The Morgan fingerprint density at radius 2 is 1.86 bits per heavy atom. The number of aliphatic hydroxyl groups excluding tert-OH is 2. The number of hydrogen-bond donors (Lipinski definition) is 4. The van der Waals surface area contributed by atoms with Crippen molar-refractivity contribution in [2.45, 2.75) is 83.5 Å². The third kappa shape index (κ3) is 7.56. The molecule has 0 saturated heterocycles.